The van der Waals surface area contributed by atoms with Crippen molar-refractivity contribution in [2.24, 2.45) is 0 Å². The quantitative estimate of drug-likeness (QED) is 0.811. The first-order chi connectivity index (χ1) is 12.8. The topological polar surface area (TPSA) is 59.1 Å². The molecule has 0 aromatic heterocycles. The van der Waals surface area contributed by atoms with Crippen LogP contribution in [-0.2, 0) is 14.3 Å². The molecule has 0 spiro atoms. The van der Waals surface area contributed by atoms with Crippen LogP contribution in [0.4, 0.5) is 10.5 Å². The van der Waals surface area contributed by atoms with Crippen molar-refractivity contribution in [3.8, 4) is 0 Å². The Kier molecular flexibility index (Phi) is 6.05. The fourth-order valence-corrected chi connectivity index (χ4v) is 3.67. The van der Waals surface area contributed by atoms with E-state index in [2.05, 4.69) is 0 Å². The predicted molar refractivity (Wildman–Crippen MR) is 104 cm³/mol. The van der Waals surface area contributed by atoms with Crippen molar-refractivity contribution in [1.29, 1.82) is 0 Å². The number of benzene rings is 1. The van der Waals surface area contributed by atoms with Gasteiger partial charge in [-0.05, 0) is 58.6 Å². The van der Waals surface area contributed by atoms with E-state index in [-0.39, 0.29) is 24.1 Å². The molecule has 1 aromatic carbocycles. The number of amides is 2. The average molecular weight is 374 g/mol. The zero-order chi connectivity index (χ0) is 19.4. The SMILES string of the molecule is CC(C)(C)OC(=O)N1CCC(N(C(=O)[C@H]2CCCO2)c2ccccc2)CC1. The summed E-state index contributed by atoms with van der Waals surface area (Å²) in [4.78, 5) is 29.1. The molecule has 2 aliphatic heterocycles. The molecule has 148 valence electrons. The van der Waals surface area contributed by atoms with Gasteiger partial charge in [-0.2, -0.15) is 0 Å². The number of rotatable bonds is 3. The van der Waals surface area contributed by atoms with Gasteiger partial charge in [0.2, 0.25) is 0 Å². The summed E-state index contributed by atoms with van der Waals surface area (Å²) in [5, 5.41) is 0. The summed E-state index contributed by atoms with van der Waals surface area (Å²) in [5.74, 6) is 0.0365. The highest BCUT2D eigenvalue weighted by atomic mass is 16.6. The van der Waals surface area contributed by atoms with E-state index in [1.54, 1.807) is 4.90 Å². The van der Waals surface area contributed by atoms with Gasteiger partial charge in [-0.25, -0.2) is 4.79 Å². The Morgan fingerprint density at radius 1 is 1.11 bits per heavy atom. The highest BCUT2D eigenvalue weighted by Gasteiger charge is 2.36. The number of likely N-dealkylation sites (tertiary alicyclic amines) is 1. The Balaban J connectivity index is 1.69. The lowest BCUT2D eigenvalue weighted by Crippen LogP contribution is -2.52. The lowest BCUT2D eigenvalue weighted by Gasteiger charge is -2.39. The van der Waals surface area contributed by atoms with Crippen LogP contribution in [0.2, 0.25) is 0 Å². The van der Waals surface area contributed by atoms with Crippen molar-refractivity contribution >= 4 is 17.7 Å². The van der Waals surface area contributed by atoms with E-state index in [0.717, 1.165) is 31.4 Å². The number of ether oxygens (including phenoxy) is 2. The van der Waals surface area contributed by atoms with Crippen LogP contribution >= 0.6 is 0 Å². The maximum Gasteiger partial charge on any atom is 0.410 e. The molecule has 0 bridgehead atoms. The monoisotopic (exact) mass is 374 g/mol. The van der Waals surface area contributed by atoms with Crippen LogP contribution in [0, 0.1) is 0 Å². The Morgan fingerprint density at radius 3 is 2.33 bits per heavy atom. The maximum atomic E-state index is 13.1. The molecular formula is C21H30N2O4. The number of carbonyl (C=O) groups is 2. The van der Waals surface area contributed by atoms with Gasteiger partial charge in [0.05, 0.1) is 0 Å². The Labute approximate surface area is 161 Å². The highest BCUT2D eigenvalue weighted by Crippen LogP contribution is 2.27. The molecule has 0 aliphatic carbocycles. The van der Waals surface area contributed by atoms with Crippen LogP contribution in [0.1, 0.15) is 46.5 Å². The summed E-state index contributed by atoms with van der Waals surface area (Å²) in [6.45, 7) is 7.43. The molecule has 0 N–H and O–H groups in total. The second-order valence-electron chi connectivity index (χ2n) is 8.24. The minimum Gasteiger partial charge on any atom is -0.444 e. The lowest BCUT2D eigenvalue weighted by molar-refractivity contribution is -0.128. The minimum atomic E-state index is -0.500. The molecule has 2 amide bonds. The molecular weight excluding hydrogens is 344 g/mol. The molecule has 0 unspecified atom stereocenters. The maximum absolute atomic E-state index is 13.1. The Hall–Kier alpha value is -2.08. The minimum absolute atomic E-state index is 0.0365. The molecule has 2 aliphatic rings. The van der Waals surface area contributed by atoms with Crippen LogP contribution in [0.15, 0.2) is 30.3 Å². The number of hydrogen-bond acceptors (Lipinski definition) is 4. The van der Waals surface area contributed by atoms with E-state index in [1.165, 1.54) is 0 Å². The van der Waals surface area contributed by atoms with Crippen LogP contribution < -0.4 is 4.90 Å². The van der Waals surface area contributed by atoms with Crippen molar-refractivity contribution in [1.82, 2.24) is 4.90 Å². The van der Waals surface area contributed by atoms with Crippen molar-refractivity contribution in [2.45, 2.75) is 64.2 Å². The standard InChI is InChI=1S/C21H30N2O4/c1-21(2,3)27-20(25)22-13-11-17(12-14-22)23(16-8-5-4-6-9-16)19(24)18-10-7-15-26-18/h4-6,8-9,17-18H,7,10-15H2,1-3H3/t18-/m1/s1. The van der Waals surface area contributed by atoms with Crippen LogP contribution in [0.5, 0.6) is 0 Å². The van der Waals surface area contributed by atoms with Gasteiger partial charge < -0.3 is 19.3 Å². The number of hydrogen-bond donors (Lipinski definition) is 0. The number of piperidine rings is 1. The van der Waals surface area contributed by atoms with Gasteiger partial charge in [-0.15, -0.1) is 0 Å². The summed E-state index contributed by atoms with van der Waals surface area (Å²) >= 11 is 0. The van der Waals surface area contributed by atoms with E-state index in [1.807, 2.05) is 56.0 Å². The smallest absolute Gasteiger partial charge is 0.410 e. The Morgan fingerprint density at radius 2 is 1.78 bits per heavy atom. The van der Waals surface area contributed by atoms with E-state index in [4.69, 9.17) is 9.47 Å². The van der Waals surface area contributed by atoms with E-state index >= 15 is 0 Å². The molecule has 6 nitrogen and oxygen atoms in total. The van der Waals surface area contributed by atoms with Crippen molar-refractivity contribution in [2.75, 3.05) is 24.6 Å². The van der Waals surface area contributed by atoms with Crippen LogP contribution in [-0.4, -0.2) is 54.3 Å². The number of carbonyl (C=O) groups excluding carboxylic acids is 2. The summed E-state index contributed by atoms with van der Waals surface area (Å²) in [6.07, 6.45) is 2.53. The molecule has 1 atom stereocenters. The van der Waals surface area contributed by atoms with E-state index in [9.17, 15) is 9.59 Å². The summed E-state index contributed by atoms with van der Waals surface area (Å²) < 4.78 is 11.1. The number of para-hydroxylation sites is 1. The zero-order valence-corrected chi connectivity index (χ0v) is 16.5. The third-order valence-electron chi connectivity index (χ3n) is 4.96. The molecule has 6 heteroatoms. The van der Waals surface area contributed by atoms with Crippen LogP contribution in [0.3, 0.4) is 0 Å². The predicted octanol–water partition coefficient (Wildman–Crippen LogP) is 3.60. The molecule has 2 saturated heterocycles. The largest absolute Gasteiger partial charge is 0.444 e. The van der Waals surface area contributed by atoms with Gasteiger partial charge in [0, 0.05) is 31.4 Å². The van der Waals surface area contributed by atoms with E-state index < -0.39 is 5.60 Å². The first kappa shape index (κ1) is 19.7. The summed E-state index contributed by atoms with van der Waals surface area (Å²) in [5.41, 5.74) is 0.397. The molecule has 2 heterocycles. The van der Waals surface area contributed by atoms with Gasteiger partial charge in [0.25, 0.3) is 5.91 Å². The summed E-state index contributed by atoms with van der Waals surface area (Å²) in [6, 6.07) is 9.83. The third-order valence-corrected chi connectivity index (χ3v) is 4.96. The van der Waals surface area contributed by atoms with Gasteiger partial charge in [-0.1, -0.05) is 18.2 Å². The second-order valence-corrected chi connectivity index (χ2v) is 8.24. The molecule has 27 heavy (non-hydrogen) atoms. The van der Waals surface area contributed by atoms with E-state index in [0.29, 0.717) is 19.7 Å². The molecule has 3 rings (SSSR count). The normalized spacial score (nSPS) is 21.1. The molecule has 2 fully saturated rings. The highest BCUT2D eigenvalue weighted by molar-refractivity contribution is 5.97. The molecule has 0 saturated carbocycles. The van der Waals surface area contributed by atoms with Crippen LogP contribution in [0.25, 0.3) is 0 Å². The summed E-state index contributed by atoms with van der Waals surface area (Å²) in [7, 11) is 0. The van der Waals surface area contributed by atoms with Crippen molar-refractivity contribution in [3.05, 3.63) is 30.3 Å². The van der Waals surface area contributed by atoms with Gasteiger partial charge in [0.15, 0.2) is 0 Å². The van der Waals surface area contributed by atoms with Crippen molar-refractivity contribution in [3.63, 3.8) is 0 Å². The van der Waals surface area contributed by atoms with Gasteiger partial charge in [0.1, 0.15) is 11.7 Å². The van der Waals surface area contributed by atoms with Gasteiger partial charge >= 0.3 is 6.09 Å². The number of anilines is 1. The fraction of sp³-hybridized carbons (Fsp3) is 0.619. The number of nitrogens with zero attached hydrogens (tertiary/aromatic N) is 2. The third kappa shape index (κ3) is 5.01. The molecule has 1 aromatic rings. The second kappa shape index (κ2) is 8.30. The zero-order valence-electron chi connectivity index (χ0n) is 16.5. The molecule has 0 radical (unpaired) electrons. The first-order valence-corrected chi connectivity index (χ1v) is 9.83. The Bertz CT molecular complexity index is 642. The van der Waals surface area contributed by atoms with Crippen molar-refractivity contribution < 1.29 is 19.1 Å². The lowest BCUT2D eigenvalue weighted by atomic mass is 10.0. The first-order valence-electron chi connectivity index (χ1n) is 9.83. The fourth-order valence-electron chi connectivity index (χ4n) is 3.67. The van der Waals surface area contributed by atoms with Gasteiger partial charge in [-0.3, -0.25) is 4.79 Å². The average Bonchev–Trinajstić information content (AvgIpc) is 3.16.